The Bertz CT molecular complexity index is 1050. The van der Waals surface area contributed by atoms with Gasteiger partial charge in [0, 0.05) is 19.1 Å². The molecule has 0 saturated heterocycles. The molecular formula is C21H28N2O8S. The van der Waals surface area contributed by atoms with Crippen LogP contribution in [0.2, 0.25) is 0 Å². The van der Waals surface area contributed by atoms with Gasteiger partial charge in [-0.1, -0.05) is 0 Å². The lowest BCUT2D eigenvalue weighted by atomic mass is 9.93. The Kier molecular flexibility index (Phi) is 7.34. The number of benzene rings is 2. The fourth-order valence-corrected chi connectivity index (χ4v) is 4.01. The van der Waals surface area contributed by atoms with E-state index in [1.165, 1.54) is 7.11 Å². The normalized spacial score (nSPS) is 16.2. The molecule has 0 aliphatic carbocycles. The second kappa shape index (κ2) is 9.82. The van der Waals surface area contributed by atoms with Gasteiger partial charge >= 0.3 is 10.3 Å². The van der Waals surface area contributed by atoms with Crippen LogP contribution < -0.4 is 28.7 Å². The number of nitrogens with zero attached hydrogens (tertiary/aromatic N) is 1. The zero-order valence-corrected chi connectivity index (χ0v) is 19.5. The monoisotopic (exact) mass is 468 g/mol. The quantitative estimate of drug-likeness (QED) is 0.423. The van der Waals surface area contributed by atoms with Crippen molar-refractivity contribution in [2.45, 2.75) is 32.5 Å². The summed E-state index contributed by atoms with van der Waals surface area (Å²) in [5.41, 5.74) is 3.05. The average Bonchev–Trinajstić information content (AvgIpc) is 2.76. The number of ether oxygens (including phenoxy) is 4. The molecule has 1 atom stereocenters. The first-order valence-electron chi connectivity index (χ1n) is 9.82. The van der Waals surface area contributed by atoms with Gasteiger partial charge in [-0.25, -0.2) is 0 Å². The lowest BCUT2D eigenvalue weighted by Gasteiger charge is -2.35. The smallest absolute Gasteiger partial charge is 0.364 e. The molecule has 2 N–H and O–H groups in total. The van der Waals surface area contributed by atoms with Crippen LogP contribution in [0.4, 0.5) is 0 Å². The Balaban J connectivity index is 1.85. The van der Waals surface area contributed by atoms with Crippen molar-refractivity contribution in [3.8, 4) is 28.7 Å². The van der Waals surface area contributed by atoms with Crippen molar-refractivity contribution in [3.63, 3.8) is 0 Å². The summed E-state index contributed by atoms with van der Waals surface area (Å²) in [5, 5.41) is 0. The van der Waals surface area contributed by atoms with Crippen LogP contribution in [-0.4, -0.2) is 52.4 Å². The highest BCUT2D eigenvalue weighted by atomic mass is 32.2. The van der Waals surface area contributed by atoms with Gasteiger partial charge in [-0.2, -0.15) is 8.42 Å². The van der Waals surface area contributed by atoms with E-state index in [9.17, 15) is 8.42 Å². The van der Waals surface area contributed by atoms with Crippen molar-refractivity contribution >= 4 is 10.3 Å². The summed E-state index contributed by atoms with van der Waals surface area (Å²) >= 11 is 0. The van der Waals surface area contributed by atoms with Gasteiger partial charge in [-0.3, -0.25) is 9.45 Å². The summed E-state index contributed by atoms with van der Waals surface area (Å²) in [7, 11) is 1.70. The second-order valence-corrected chi connectivity index (χ2v) is 8.54. The molecule has 1 aliphatic heterocycles. The highest BCUT2D eigenvalue weighted by Gasteiger charge is 2.26. The van der Waals surface area contributed by atoms with E-state index in [-0.39, 0.29) is 11.8 Å². The summed E-state index contributed by atoms with van der Waals surface area (Å²) in [6, 6.07) is 7.59. The number of rotatable bonds is 9. The van der Waals surface area contributed by atoms with Gasteiger partial charge in [0.15, 0.2) is 23.0 Å². The van der Waals surface area contributed by atoms with Crippen molar-refractivity contribution in [3.05, 3.63) is 41.0 Å². The molecule has 0 fully saturated rings. The molecule has 10 nitrogen and oxygen atoms in total. The molecule has 3 rings (SSSR count). The Labute approximate surface area is 187 Å². The summed E-state index contributed by atoms with van der Waals surface area (Å²) in [5.74, 6) is 2.27. The third-order valence-corrected chi connectivity index (χ3v) is 5.66. The van der Waals surface area contributed by atoms with Crippen LogP contribution in [0, 0.1) is 0 Å². The van der Waals surface area contributed by atoms with Gasteiger partial charge in [0.25, 0.3) is 0 Å². The Morgan fingerprint density at radius 3 is 2.06 bits per heavy atom. The molecule has 176 valence electrons. The van der Waals surface area contributed by atoms with Crippen molar-refractivity contribution in [2.75, 3.05) is 28.4 Å². The molecule has 0 amide bonds. The predicted octanol–water partition coefficient (Wildman–Crippen LogP) is 2.35. The first-order valence-corrected chi connectivity index (χ1v) is 11.3. The zero-order chi connectivity index (χ0) is 23.5. The molecule has 0 spiro atoms. The molecule has 2 aromatic rings. The van der Waals surface area contributed by atoms with E-state index in [2.05, 4.69) is 11.8 Å². The maximum absolute atomic E-state index is 10.9. The minimum Gasteiger partial charge on any atom is -0.493 e. The standard InChI is InChI=1S/C21H28N2O8S/c1-13-6-15-9-18(31-22-32(24,25)26)17(27-2)10-16(15)12-23(13)11-14-7-19(28-3)21(30-5)20(8-14)29-4/h7-10,13,22H,6,11-12H2,1-5H3,(H,24,25,26). The summed E-state index contributed by atoms with van der Waals surface area (Å²) in [6.07, 6.45) is 0.714. The molecule has 0 radical (unpaired) electrons. The lowest BCUT2D eigenvalue weighted by molar-refractivity contribution is 0.173. The summed E-state index contributed by atoms with van der Waals surface area (Å²) < 4.78 is 52.4. The van der Waals surface area contributed by atoms with Crippen molar-refractivity contribution in [2.24, 2.45) is 0 Å². The third kappa shape index (κ3) is 5.36. The number of fused-ring (bicyclic) bond motifs is 1. The van der Waals surface area contributed by atoms with E-state index in [0.717, 1.165) is 16.7 Å². The predicted molar refractivity (Wildman–Crippen MR) is 117 cm³/mol. The maximum Gasteiger partial charge on any atom is 0.364 e. The zero-order valence-electron chi connectivity index (χ0n) is 18.7. The fraction of sp³-hybridized carbons (Fsp3) is 0.429. The molecule has 2 aromatic carbocycles. The van der Waals surface area contributed by atoms with E-state index < -0.39 is 10.3 Å². The van der Waals surface area contributed by atoms with E-state index in [1.54, 1.807) is 32.3 Å². The van der Waals surface area contributed by atoms with Gasteiger partial charge in [0.1, 0.15) is 0 Å². The molecule has 1 heterocycles. The third-order valence-electron chi connectivity index (χ3n) is 5.37. The molecule has 0 bridgehead atoms. The van der Waals surface area contributed by atoms with Crippen LogP contribution in [-0.2, 0) is 29.8 Å². The summed E-state index contributed by atoms with van der Waals surface area (Å²) in [6.45, 7) is 3.42. The fourth-order valence-electron chi connectivity index (χ4n) is 3.81. The molecule has 1 unspecified atom stereocenters. The van der Waals surface area contributed by atoms with Crippen LogP contribution in [0.1, 0.15) is 23.6 Å². The van der Waals surface area contributed by atoms with Gasteiger partial charge in [0.2, 0.25) is 5.75 Å². The number of hydrogen-bond donors (Lipinski definition) is 2. The first-order chi connectivity index (χ1) is 15.2. The van der Waals surface area contributed by atoms with Gasteiger partial charge in [-0.15, -0.1) is 0 Å². The van der Waals surface area contributed by atoms with Gasteiger partial charge in [-0.05, 0) is 59.2 Å². The average molecular weight is 469 g/mol. The molecule has 0 aromatic heterocycles. The molecule has 0 saturated carbocycles. The van der Waals surface area contributed by atoms with E-state index in [0.29, 0.717) is 42.5 Å². The summed E-state index contributed by atoms with van der Waals surface area (Å²) in [4.78, 5) is 8.93. The Morgan fingerprint density at radius 1 is 0.938 bits per heavy atom. The van der Waals surface area contributed by atoms with Crippen LogP contribution >= 0.6 is 0 Å². The lowest BCUT2D eigenvalue weighted by Crippen LogP contribution is -2.38. The Morgan fingerprint density at radius 2 is 1.53 bits per heavy atom. The van der Waals surface area contributed by atoms with E-state index in [4.69, 9.17) is 28.3 Å². The van der Waals surface area contributed by atoms with E-state index in [1.807, 2.05) is 18.2 Å². The first kappa shape index (κ1) is 23.9. The van der Waals surface area contributed by atoms with Gasteiger partial charge in [0.05, 0.1) is 28.4 Å². The van der Waals surface area contributed by atoms with E-state index >= 15 is 0 Å². The highest BCUT2D eigenvalue weighted by molar-refractivity contribution is 7.83. The second-order valence-electron chi connectivity index (χ2n) is 7.42. The topological polar surface area (TPSA) is 116 Å². The minimum absolute atomic E-state index is 0.175. The molecule has 11 heteroatoms. The van der Waals surface area contributed by atoms with Crippen molar-refractivity contribution < 1.29 is 36.8 Å². The SMILES string of the molecule is COc1cc2c(cc1ONS(=O)(=O)O)CC(C)N(Cc1cc(OC)c(OC)c(OC)c1)C2. The van der Waals surface area contributed by atoms with Crippen LogP contribution in [0.5, 0.6) is 28.7 Å². The highest BCUT2D eigenvalue weighted by Crippen LogP contribution is 2.39. The number of nitrogens with one attached hydrogen (secondary N) is 1. The van der Waals surface area contributed by atoms with Crippen LogP contribution in [0.3, 0.4) is 0 Å². The van der Waals surface area contributed by atoms with Crippen molar-refractivity contribution in [1.82, 2.24) is 9.79 Å². The largest absolute Gasteiger partial charge is 0.493 e. The molecule has 32 heavy (non-hydrogen) atoms. The van der Waals surface area contributed by atoms with Crippen LogP contribution in [0.25, 0.3) is 0 Å². The number of hydrogen-bond acceptors (Lipinski definition) is 8. The molecular weight excluding hydrogens is 440 g/mol. The van der Waals surface area contributed by atoms with Gasteiger partial charge < -0.3 is 23.8 Å². The molecule has 1 aliphatic rings. The van der Waals surface area contributed by atoms with Crippen LogP contribution in [0.15, 0.2) is 24.3 Å². The van der Waals surface area contributed by atoms with Crippen molar-refractivity contribution in [1.29, 1.82) is 0 Å². The Hall–Kier alpha value is -2.73. The maximum atomic E-state index is 10.9. The minimum atomic E-state index is -4.50. The number of methoxy groups -OCH3 is 4.